The molecule has 1 fully saturated rings. The molecule has 0 aliphatic carbocycles. The third kappa shape index (κ3) is 7.60. The van der Waals surface area contributed by atoms with Crippen LogP contribution in [0.15, 0.2) is 10.4 Å². The van der Waals surface area contributed by atoms with Crippen LogP contribution in [0.5, 0.6) is 0 Å². The number of rotatable bonds is 7. The lowest BCUT2D eigenvalue weighted by Gasteiger charge is -2.19. The second-order valence-electron chi connectivity index (χ2n) is 6.32. The molecule has 1 aliphatic heterocycles. The van der Waals surface area contributed by atoms with Gasteiger partial charge in [-0.25, -0.2) is 4.98 Å². The lowest BCUT2D eigenvalue weighted by molar-refractivity contribution is -0.143. The minimum atomic E-state index is -4.13. The van der Waals surface area contributed by atoms with Gasteiger partial charge in [0, 0.05) is 43.8 Å². The number of likely N-dealkylation sites (tertiary alicyclic amines) is 1. The molecule has 1 unspecified atom stereocenters. The van der Waals surface area contributed by atoms with Crippen molar-refractivity contribution in [2.24, 2.45) is 4.99 Å². The van der Waals surface area contributed by atoms with Crippen LogP contribution in [0.2, 0.25) is 0 Å². The standard InChI is InChI=1S/C16H26F3N5S/c1-12-10-25-14(22-12)5-3-4-7-21-15(20-2)23-13-6-8-24(9-13)11-16(17,18)19/h10,13H,3-9,11H2,1-2H3,(H2,20,21,23). The van der Waals surface area contributed by atoms with E-state index in [1.807, 2.05) is 6.92 Å². The number of thiazole rings is 1. The van der Waals surface area contributed by atoms with Gasteiger partial charge in [-0.05, 0) is 32.6 Å². The van der Waals surface area contributed by atoms with E-state index in [1.165, 1.54) is 4.90 Å². The van der Waals surface area contributed by atoms with Crippen LogP contribution in [0.1, 0.15) is 30.0 Å². The van der Waals surface area contributed by atoms with E-state index in [-0.39, 0.29) is 6.04 Å². The summed E-state index contributed by atoms with van der Waals surface area (Å²) >= 11 is 1.69. The number of aromatic nitrogens is 1. The average Bonchev–Trinajstić information content (AvgIpc) is 3.13. The molecule has 1 aliphatic rings. The molecule has 2 N–H and O–H groups in total. The van der Waals surface area contributed by atoms with E-state index in [0.717, 1.165) is 36.5 Å². The molecule has 9 heteroatoms. The van der Waals surface area contributed by atoms with Gasteiger partial charge in [0.1, 0.15) is 0 Å². The third-order valence-corrected chi connectivity index (χ3v) is 5.04. The zero-order valence-corrected chi connectivity index (χ0v) is 15.5. The summed E-state index contributed by atoms with van der Waals surface area (Å²) in [6.45, 7) is 2.79. The highest BCUT2D eigenvalue weighted by molar-refractivity contribution is 7.09. The Hall–Kier alpha value is -1.35. The Labute approximate surface area is 150 Å². The van der Waals surface area contributed by atoms with Crippen molar-refractivity contribution in [1.82, 2.24) is 20.5 Å². The Kier molecular flexibility index (Phi) is 7.49. The first-order valence-corrected chi connectivity index (χ1v) is 9.41. The number of aliphatic imine (C=N–C) groups is 1. The van der Waals surface area contributed by atoms with Crippen LogP contribution in [-0.4, -0.2) is 61.3 Å². The van der Waals surface area contributed by atoms with E-state index in [2.05, 4.69) is 26.0 Å². The summed E-state index contributed by atoms with van der Waals surface area (Å²) in [5, 5.41) is 9.67. The summed E-state index contributed by atoms with van der Waals surface area (Å²) in [5.41, 5.74) is 1.07. The zero-order valence-electron chi connectivity index (χ0n) is 14.7. The predicted octanol–water partition coefficient (Wildman–Crippen LogP) is 2.58. The van der Waals surface area contributed by atoms with Gasteiger partial charge in [-0.1, -0.05) is 0 Å². The molecule has 25 heavy (non-hydrogen) atoms. The van der Waals surface area contributed by atoms with E-state index in [4.69, 9.17) is 0 Å². The fraction of sp³-hybridized carbons (Fsp3) is 0.750. The van der Waals surface area contributed by atoms with Crippen molar-refractivity contribution in [3.05, 3.63) is 16.1 Å². The number of nitrogens with zero attached hydrogens (tertiary/aromatic N) is 3. The molecule has 0 aromatic carbocycles. The van der Waals surface area contributed by atoms with E-state index in [1.54, 1.807) is 18.4 Å². The first-order valence-electron chi connectivity index (χ1n) is 8.53. The van der Waals surface area contributed by atoms with Gasteiger partial charge < -0.3 is 10.6 Å². The molecule has 2 rings (SSSR count). The number of aryl methyl sites for hydroxylation is 2. The van der Waals surface area contributed by atoms with Crippen LogP contribution < -0.4 is 10.6 Å². The molecule has 5 nitrogen and oxygen atoms in total. The highest BCUT2D eigenvalue weighted by Crippen LogP contribution is 2.19. The van der Waals surface area contributed by atoms with Crippen LogP contribution >= 0.6 is 11.3 Å². The van der Waals surface area contributed by atoms with E-state index in [9.17, 15) is 13.2 Å². The highest BCUT2D eigenvalue weighted by Gasteiger charge is 2.34. The Morgan fingerprint density at radius 1 is 1.44 bits per heavy atom. The monoisotopic (exact) mass is 377 g/mol. The first-order chi connectivity index (χ1) is 11.9. The van der Waals surface area contributed by atoms with Crippen molar-refractivity contribution in [3.8, 4) is 0 Å². The van der Waals surface area contributed by atoms with Gasteiger partial charge in [-0.3, -0.25) is 9.89 Å². The number of unbranched alkanes of at least 4 members (excludes halogenated alkanes) is 1. The largest absolute Gasteiger partial charge is 0.401 e. The van der Waals surface area contributed by atoms with Crippen molar-refractivity contribution in [2.45, 2.75) is 44.8 Å². The predicted molar refractivity (Wildman–Crippen MR) is 95.2 cm³/mol. The van der Waals surface area contributed by atoms with Crippen LogP contribution in [0.3, 0.4) is 0 Å². The number of halogens is 3. The highest BCUT2D eigenvalue weighted by atomic mass is 32.1. The van der Waals surface area contributed by atoms with Crippen molar-refractivity contribution < 1.29 is 13.2 Å². The normalized spacial score (nSPS) is 19.4. The Balaban J connectivity index is 1.61. The molecule has 0 spiro atoms. The van der Waals surface area contributed by atoms with Crippen LogP contribution in [-0.2, 0) is 6.42 Å². The fourth-order valence-electron chi connectivity index (χ4n) is 2.86. The van der Waals surface area contributed by atoms with Crippen molar-refractivity contribution >= 4 is 17.3 Å². The number of nitrogens with one attached hydrogen (secondary N) is 2. The van der Waals surface area contributed by atoms with Gasteiger partial charge in [-0.15, -0.1) is 11.3 Å². The summed E-state index contributed by atoms with van der Waals surface area (Å²) in [6, 6.07) is 0.00634. The lowest BCUT2D eigenvalue weighted by atomic mass is 10.2. The van der Waals surface area contributed by atoms with Gasteiger partial charge in [0.15, 0.2) is 5.96 Å². The van der Waals surface area contributed by atoms with E-state index in [0.29, 0.717) is 25.5 Å². The Bertz CT molecular complexity index is 558. The summed E-state index contributed by atoms with van der Waals surface area (Å²) in [4.78, 5) is 10.0. The van der Waals surface area contributed by atoms with Gasteiger partial charge in [0.25, 0.3) is 0 Å². The minimum absolute atomic E-state index is 0.00634. The zero-order chi connectivity index (χ0) is 18.3. The maximum absolute atomic E-state index is 12.4. The maximum atomic E-state index is 12.4. The molecule has 1 atom stereocenters. The summed E-state index contributed by atoms with van der Waals surface area (Å²) < 4.78 is 37.3. The molecule has 0 radical (unpaired) electrons. The van der Waals surface area contributed by atoms with Crippen molar-refractivity contribution in [1.29, 1.82) is 0 Å². The molecule has 2 heterocycles. The second kappa shape index (κ2) is 9.38. The van der Waals surface area contributed by atoms with Crippen LogP contribution in [0, 0.1) is 6.92 Å². The van der Waals surface area contributed by atoms with Crippen LogP contribution in [0.25, 0.3) is 0 Å². The topological polar surface area (TPSA) is 52.6 Å². The van der Waals surface area contributed by atoms with Crippen LogP contribution in [0.4, 0.5) is 13.2 Å². The van der Waals surface area contributed by atoms with Gasteiger partial charge in [0.05, 0.1) is 11.6 Å². The molecule has 1 saturated heterocycles. The molecule has 1 aromatic rings. The molecule has 1 aromatic heterocycles. The maximum Gasteiger partial charge on any atom is 0.401 e. The number of hydrogen-bond donors (Lipinski definition) is 2. The van der Waals surface area contributed by atoms with Crippen molar-refractivity contribution in [3.63, 3.8) is 0 Å². The molecular formula is C16H26F3N5S. The Morgan fingerprint density at radius 2 is 2.24 bits per heavy atom. The Morgan fingerprint density at radius 3 is 2.88 bits per heavy atom. The van der Waals surface area contributed by atoms with Gasteiger partial charge >= 0.3 is 6.18 Å². The molecular weight excluding hydrogens is 351 g/mol. The molecule has 0 amide bonds. The number of hydrogen-bond acceptors (Lipinski definition) is 4. The molecule has 142 valence electrons. The fourth-order valence-corrected chi connectivity index (χ4v) is 3.68. The third-order valence-electron chi connectivity index (χ3n) is 4.02. The van der Waals surface area contributed by atoms with Crippen molar-refractivity contribution in [2.75, 3.05) is 33.2 Å². The number of alkyl halides is 3. The SMILES string of the molecule is CN=C(NCCCCc1nc(C)cs1)NC1CCN(CC(F)(F)F)C1. The molecule has 0 bridgehead atoms. The number of guanidine groups is 1. The summed E-state index contributed by atoms with van der Waals surface area (Å²) in [6.07, 6.45) is -0.434. The summed E-state index contributed by atoms with van der Waals surface area (Å²) in [5.74, 6) is 0.656. The smallest absolute Gasteiger partial charge is 0.356 e. The average molecular weight is 377 g/mol. The van der Waals surface area contributed by atoms with E-state index < -0.39 is 12.7 Å². The minimum Gasteiger partial charge on any atom is -0.356 e. The second-order valence-corrected chi connectivity index (χ2v) is 7.26. The quantitative estimate of drug-likeness (QED) is 0.436. The molecule has 0 saturated carbocycles. The van der Waals surface area contributed by atoms with E-state index >= 15 is 0 Å². The van der Waals surface area contributed by atoms with Gasteiger partial charge in [-0.2, -0.15) is 13.2 Å². The first kappa shape index (κ1) is 20.0. The van der Waals surface area contributed by atoms with Gasteiger partial charge in [0.2, 0.25) is 0 Å². The lowest BCUT2D eigenvalue weighted by Crippen LogP contribution is -2.45. The summed E-state index contributed by atoms with van der Waals surface area (Å²) in [7, 11) is 1.68.